The fourth-order valence-electron chi connectivity index (χ4n) is 2.06. The summed E-state index contributed by atoms with van der Waals surface area (Å²) in [6, 6.07) is 8.85. The zero-order valence-corrected chi connectivity index (χ0v) is 13.9. The van der Waals surface area contributed by atoms with E-state index in [1.165, 1.54) is 0 Å². The first-order chi connectivity index (χ1) is 9.99. The second-order valence-electron chi connectivity index (χ2n) is 4.73. The maximum atomic E-state index is 12.0. The van der Waals surface area contributed by atoms with Crippen LogP contribution in [0.4, 0.5) is 0 Å². The van der Waals surface area contributed by atoms with E-state index < -0.39 is 6.10 Å². The van der Waals surface area contributed by atoms with E-state index in [0.717, 1.165) is 10.2 Å². The number of aryl methyl sites for hydroxylation is 1. The van der Waals surface area contributed by atoms with Crippen molar-refractivity contribution in [1.29, 1.82) is 0 Å². The average molecular weight is 372 g/mol. The minimum Gasteiger partial charge on any atom is -0.387 e. The molecule has 6 heteroatoms. The van der Waals surface area contributed by atoms with Crippen molar-refractivity contribution in [3.05, 3.63) is 57.3 Å². The normalized spacial score (nSPS) is 12.2. The number of benzene rings is 1. The Balaban J connectivity index is 1.90. The van der Waals surface area contributed by atoms with Gasteiger partial charge in [-0.2, -0.15) is 0 Å². The van der Waals surface area contributed by atoms with Gasteiger partial charge < -0.3 is 15.0 Å². The SMILES string of the molecule is Cn1cccc1C(O)CCNC(=O)c1cc(Br)ccc1Cl. The molecule has 0 saturated heterocycles. The number of rotatable bonds is 5. The van der Waals surface area contributed by atoms with Gasteiger partial charge in [0.2, 0.25) is 0 Å². The zero-order valence-electron chi connectivity index (χ0n) is 11.5. The van der Waals surface area contributed by atoms with Crippen molar-refractivity contribution in [3.8, 4) is 0 Å². The van der Waals surface area contributed by atoms with Gasteiger partial charge in [-0.1, -0.05) is 27.5 Å². The van der Waals surface area contributed by atoms with Crippen LogP contribution < -0.4 is 5.32 Å². The first-order valence-corrected chi connectivity index (χ1v) is 7.68. The second-order valence-corrected chi connectivity index (χ2v) is 6.05. The molecule has 4 nitrogen and oxygen atoms in total. The van der Waals surface area contributed by atoms with E-state index in [4.69, 9.17) is 11.6 Å². The number of carbonyl (C=O) groups is 1. The molecule has 1 aromatic heterocycles. The van der Waals surface area contributed by atoms with Gasteiger partial charge in [0.25, 0.3) is 5.91 Å². The molecule has 2 N–H and O–H groups in total. The predicted octanol–water partition coefficient (Wildman–Crippen LogP) is 3.29. The van der Waals surface area contributed by atoms with E-state index in [0.29, 0.717) is 23.6 Å². The highest BCUT2D eigenvalue weighted by Gasteiger charge is 2.13. The minimum absolute atomic E-state index is 0.250. The number of amides is 1. The molecule has 2 aromatic rings. The molecule has 112 valence electrons. The summed E-state index contributed by atoms with van der Waals surface area (Å²) in [4.78, 5) is 12.0. The van der Waals surface area contributed by atoms with E-state index in [9.17, 15) is 9.90 Å². The van der Waals surface area contributed by atoms with E-state index in [2.05, 4.69) is 21.2 Å². The zero-order chi connectivity index (χ0) is 15.4. The molecular weight excluding hydrogens is 356 g/mol. The highest BCUT2D eigenvalue weighted by Crippen LogP contribution is 2.21. The molecule has 0 aliphatic carbocycles. The fourth-order valence-corrected chi connectivity index (χ4v) is 2.62. The van der Waals surface area contributed by atoms with Gasteiger partial charge in [-0.25, -0.2) is 0 Å². The second kappa shape index (κ2) is 7.11. The molecule has 0 spiro atoms. The van der Waals surface area contributed by atoms with Crippen LogP contribution in [0, 0.1) is 0 Å². The highest BCUT2D eigenvalue weighted by atomic mass is 79.9. The van der Waals surface area contributed by atoms with Crippen LogP contribution in [0.2, 0.25) is 5.02 Å². The van der Waals surface area contributed by atoms with Crippen molar-refractivity contribution in [3.63, 3.8) is 0 Å². The molecule has 0 radical (unpaired) electrons. The third kappa shape index (κ3) is 4.09. The third-order valence-electron chi connectivity index (χ3n) is 3.20. The van der Waals surface area contributed by atoms with E-state index in [1.807, 2.05) is 29.9 Å². The van der Waals surface area contributed by atoms with Crippen LogP contribution >= 0.6 is 27.5 Å². The standard InChI is InChI=1S/C15H16BrClN2O2/c1-19-8-2-3-13(19)14(20)6-7-18-15(21)11-9-10(16)4-5-12(11)17/h2-5,8-9,14,20H,6-7H2,1H3,(H,18,21). The number of carbonyl (C=O) groups excluding carboxylic acids is 1. The summed E-state index contributed by atoms with van der Waals surface area (Å²) in [5, 5.41) is 13.2. The van der Waals surface area contributed by atoms with Gasteiger partial charge in [-0.3, -0.25) is 4.79 Å². The van der Waals surface area contributed by atoms with Crippen molar-refractivity contribution < 1.29 is 9.90 Å². The van der Waals surface area contributed by atoms with Crippen molar-refractivity contribution >= 4 is 33.4 Å². The van der Waals surface area contributed by atoms with E-state index in [1.54, 1.807) is 18.2 Å². The van der Waals surface area contributed by atoms with Crippen molar-refractivity contribution in [2.75, 3.05) is 6.54 Å². The van der Waals surface area contributed by atoms with Crippen LogP contribution in [-0.4, -0.2) is 22.1 Å². The van der Waals surface area contributed by atoms with Crippen LogP contribution in [0.5, 0.6) is 0 Å². The Hall–Kier alpha value is -1.30. The minimum atomic E-state index is -0.608. The smallest absolute Gasteiger partial charge is 0.252 e. The highest BCUT2D eigenvalue weighted by molar-refractivity contribution is 9.10. The van der Waals surface area contributed by atoms with Crippen LogP contribution in [0.1, 0.15) is 28.6 Å². The maximum Gasteiger partial charge on any atom is 0.252 e. The number of nitrogens with one attached hydrogen (secondary N) is 1. The van der Waals surface area contributed by atoms with Crippen molar-refractivity contribution in [1.82, 2.24) is 9.88 Å². The van der Waals surface area contributed by atoms with Crippen LogP contribution in [0.3, 0.4) is 0 Å². The number of hydrogen-bond acceptors (Lipinski definition) is 2. The van der Waals surface area contributed by atoms with Crippen molar-refractivity contribution in [2.45, 2.75) is 12.5 Å². The number of halogens is 2. The summed E-state index contributed by atoms with van der Waals surface area (Å²) in [7, 11) is 1.87. The lowest BCUT2D eigenvalue weighted by atomic mass is 10.1. The molecule has 1 amide bonds. The largest absolute Gasteiger partial charge is 0.387 e. The topological polar surface area (TPSA) is 54.3 Å². The van der Waals surface area contributed by atoms with Gasteiger partial charge in [0.1, 0.15) is 0 Å². The van der Waals surface area contributed by atoms with Crippen LogP contribution in [0.25, 0.3) is 0 Å². The Morgan fingerprint density at radius 2 is 2.24 bits per heavy atom. The average Bonchev–Trinajstić information content (AvgIpc) is 2.87. The lowest BCUT2D eigenvalue weighted by Crippen LogP contribution is -2.26. The lowest BCUT2D eigenvalue weighted by molar-refractivity contribution is 0.0941. The number of hydrogen-bond donors (Lipinski definition) is 2. The van der Waals surface area contributed by atoms with E-state index >= 15 is 0 Å². The lowest BCUT2D eigenvalue weighted by Gasteiger charge is -2.13. The number of nitrogens with zero attached hydrogens (tertiary/aromatic N) is 1. The summed E-state index contributed by atoms with van der Waals surface area (Å²) in [5.74, 6) is -0.250. The molecule has 0 bridgehead atoms. The van der Waals surface area contributed by atoms with Crippen molar-refractivity contribution in [2.24, 2.45) is 7.05 Å². The summed E-state index contributed by atoms with van der Waals surface area (Å²) in [5.41, 5.74) is 1.24. The van der Waals surface area contributed by atoms with Gasteiger partial charge in [0.15, 0.2) is 0 Å². The summed E-state index contributed by atoms with van der Waals surface area (Å²) in [6.45, 7) is 0.369. The molecule has 1 atom stereocenters. The molecule has 1 heterocycles. The molecule has 0 saturated carbocycles. The summed E-state index contributed by atoms with van der Waals surface area (Å²) in [6.07, 6.45) is 1.71. The molecule has 21 heavy (non-hydrogen) atoms. The molecule has 0 aliphatic heterocycles. The first kappa shape index (κ1) is 16.1. The van der Waals surface area contributed by atoms with Gasteiger partial charge >= 0.3 is 0 Å². The molecule has 0 fully saturated rings. The first-order valence-electron chi connectivity index (χ1n) is 6.51. The Morgan fingerprint density at radius 1 is 1.48 bits per heavy atom. The maximum absolute atomic E-state index is 12.0. The number of aliphatic hydroxyl groups is 1. The van der Waals surface area contributed by atoms with Gasteiger partial charge in [-0.15, -0.1) is 0 Å². The Labute approximate surface area is 136 Å². The monoisotopic (exact) mass is 370 g/mol. The number of aliphatic hydroxyl groups excluding tert-OH is 1. The Kier molecular flexibility index (Phi) is 5.45. The third-order valence-corrected chi connectivity index (χ3v) is 4.02. The van der Waals surface area contributed by atoms with Crippen LogP contribution in [0.15, 0.2) is 41.0 Å². The Bertz CT molecular complexity index is 642. The van der Waals surface area contributed by atoms with E-state index in [-0.39, 0.29) is 5.91 Å². The molecule has 1 unspecified atom stereocenters. The molecule has 0 aliphatic rings. The summed E-state index contributed by atoms with van der Waals surface area (Å²) < 4.78 is 2.65. The van der Waals surface area contributed by atoms with Crippen LogP contribution in [-0.2, 0) is 7.05 Å². The number of aromatic nitrogens is 1. The summed E-state index contributed by atoms with van der Waals surface area (Å²) >= 11 is 9.31. The predicted molar refractivity (Wildman–Crippen MR) is 86.5 cm³/mol. The molecular formula is C15H16BrClN2O2. The molecule has 2 rings (SSSR count). The van der Waals surface area contributed by atoms with Gasteiger partial charge in [0, 0.05) is 30.0 Å². The van der Waals surface area contributed by atoms with Gasteiger partial charge in [-0.05, 0) is 36.8 Å². The fraction of sp³-hybridized carbons (Fsp3) is 0.267. The Morgan fingerprint density at radius 3 is 2.90 bits per heavy atom. The quantitative estimate of drug-likeness (QED) is 0.847. The van der Waals surface area contributed by atoms with Gasteiger partial charge in [0.05, 0.1) is 16.7 Å². The molecule has 1 aromatic carbocycles.